The van der Waals surface area contributed by atoms with Crippen LogP contribution >= 0.6 is 0 Å². The Labute approximate surface area is 110 Å². The van der Waals surface area contributed by atoms with Gasteiger partial charge in [-0.3, -0.25) is 0 Å². The molecule has 0 radical (unpaired) electrons. The van der Waals surface area contributed by atoms with Crippen molar-refractivity contribution in [3.8, 4) is 5.75 Å². The van der Waals surface area contributed by atoms with Crippen LogP contribution < -0.4 is 15.4 Å². The van der Waals surface area contributed by atoms with Gasteiger partial charge in [0.2, 0.25) is 0 Å². The monoisotopic (exact) mass is 248 g/mol. The van der Waals surface area contributed by atoms with Crippen molar-refractivity contribution in [2.24, 2.45) is 5.73 Å². The van der Waals surface area contributed by atoms with Gasteiger partial charge in [0.05, 0.1) is 12.2 Å². The number of benzene rings is 1. The first-order chi connectivity index (χ1) is 8.43. The first-order valence-corrected chi connectivity index (χ1v) is 6.71. The molecule has 18 heavy (non-hydrogen) atoms. The lowest BCUT2D eigenvalue weighted by molar-refractivity contribution is 0.105. The minimum Gasteiger partial charge on any atom is -0.484 e. The predicted molar refractivity (Wildman–Crippen MR) is 76.5 cm³/mol. The number of anilines is 1. The summed E-state index contributed by atoms with van der Waals surface area (Å²) in [5.74, 6) is 1.51. The third kappa shape index (κ3) is 2.61. The molecular formula is C15H24N2O. The normalized spacial score (nSPS) is 17.6. The van der Waals surface area contributed by atoms with E-state index in [1.165, 1.54) is 11.3 Å². The van der Waals surface area contributed by atoms with Gasteiger partial charge in [0.15, 0.2) is 0 Å². The van der Waals surface area contributed by atoms with Gasteiger partial charge in [-0.15, -0.1) is 0 Å². The van der Waals surface area contributed by atoms with Crippen molar-refractivity contribution in [2.75, 3.05) is 24.5 Å². The number of rotatable bonds is 3. The maximum absolute atomic E-state index is 6.05. The van der Waals surface area contributed by atoms with E-state index in [4.69, 9.17) is 10.5 Å². The predicted octanol–water partition coefficient (Wildman–Crippen LogP) is 2.75. The molecule has 3 nitrogen and oxygen atoms in total. The van der Waals surface area contributed by atoms with Crippen molar-refractivity contribution in [2.45, 2.75) is 39.2 Å². The molecule has 0 aliphatic carbocycles. The summed E-state index contributed by atoms with van der Waals surface area (Å²) in [6.07, 6.45) is 0. The van der Waals surface area contributed by atoms with Gasteiger partial charge in [-0.25, -0.2) is 0 Å². The van der Waals surface area contributed by atoms with Gasteiger partial charge in [0.25, 0.3) is 0 Å². The standard InChI is InChI=1S/C15H24N2O/c1-11(2)12-5-6-14-13(9-12)17(8-7-16)10-15(3,4)18-14/h5-6,9,11H,7-8,10,16H2,1-4H3. The summed E-state index contributed by atoms with van der Waals surface area (Å²) in [6.45, 7) is 11.1. The minimum absolute atomic E-state index is 0.151. The highest BCUT2D eigenvalue weighted by molar-refractivity contribution is 5.62. The Morgan fingerprint density at radius 2 is 2.11 bits per heavy atom. The van der Waals surface area contributed by atoms with Gasteiger partial charge in [-0.05, 0) is 37.5 Å². The topological polar surface area (TPSA) is 38.5 Å². The molecular weight excluding hydrogens is 224 g/mol. The Bertz CT molecular complexity index is 427. The maximum atomic E-state index is 6.05. The van der Waals surface area contributed by atoms with Crippen molar-refractivity contribution in [1.29, 1.82) is 0 Å². The largest absolute Gasteiger partial charge is 0.484 e. The molecule has 3 heteroatoms. The van der Waals surface area contributed by atoms with E-state index in [-0.39, 0.29) is 5.60 Å². The molecule has 0 saturated carbocycles. The molecule has 1 aliphatic rings. The number of hydrogen-bond acceptors (Lipinski definition) is 3. The van der Waals surface area contributed by atoms with E-state index in [9.17, 15) is 0 Å². The van der Waals surface area contributed by atoms with Crippen molar-refractivity contribution in [3.05, 3.63) is 23.8 Å². The fraction of sp³-hybridized carbons (Fsp3) is 0.600. The van der Waals surface area contributed by atoms with E-state index < -0.39 is 0 Å². The lowest BCUT2D eigenvalue weighted by atomic mass is 9.99. The number of nitrogens with zero attached hydrogens (tertiary/aromatic N) is 1. The average Bonchev–Trinajstić information content (AvgIpc) is 2.27. The van der Waals surface area contributed by atoms with E-state index in [1.54, 1.807) is 0 Å². The number of fused-ring (bicyclic) bond motifs is 1. The molecule has 0 amide bonds. The molecule has 2 rings (SSSR count). The van der Waals surface area contributed by atoms with Crippen LogP contribution in [-0.2, 0) is 0 Å². The molecule has 0 saturated heterocycles. The number of hydrogen-bond donors (Lipinski definition) is 1. The molecule has 0 aromatic heterocycles. The van der Waals surface area contributed by atoms with Gasteiger partial charge in [0.1, 0.15) is 11.4 Å². The SMILES string of the molecule is CC(C)c1ccc2c(c1)N(CCN)CC(C)(C)O2. The van der Waals surface area contributed by atoms with Crippen LogP contribution in [0.3, 0.4) is 0 Å². The lowest BCUT2D eigenvalue weighted by Gasteiger charge is -2.41. The molecule has 0 spiro atoms. The van der Waals surface area contributed by atoms with E-state index in [1.807, 2.05) is 0 Å². The highest BCUT2D eigenvalue weighted by atomic mass is 16.5. The van der Waals surface area contributed by atoms with Crippen molar-refractivity contribution >= 4 is 5.69 Å². The Kier molecular flexibility index (Phi) is 3.53. The third-order valence-corrected chi connectivity index (χ3v) is 3.35. The summed E-state index contributed by atoms with van der Waals surface area (Å²) >= 11 is 0. The fourth-order valence-electron chi connectivity index (χ4n) is 2.46. The quantitative estimate of drug-likeness (QED) is 0.894. The molecule has 0 atom stereocenters. The summed E-state index contributed by atoms with van der Waals surface area (Å²) in [5, 5.41) is 0. The molecule has 2 N–H and O–H groups in total. The molecule has 0 unspecified atom stereocenters. The second kappa shape index (κ2) is 4.81. The van der Waals surface area contributed by atoms with Gasteiger partial charge in [0, 0.05) is 13.1 Å². The van der Waals surface area contributed by atoms with Crippen LogP contribution in [0.1, 0.15) is 39.2 Å². The molecule has 1 aliphatic heterocycles. The van der Waals surface area contributed by atoms with E-state index in [2.05, 4.69) is 50.8 Å². The van der Waals surface area contributed by atoms with Gasteiger partial charge in [-0.1, -0.05) is 19.9 Å². The third-order valence-electron chi connectivity index (χ3n) is 3.35. The summed E-state index contributed by atoms with van der Waals surface area (Å²) in [6, 6.07) is 6.49. The maximum Gasteiger partial charge on any atom is 0.143 e. The first kappa shape index (κ1) is 13.2. The molecule has 1 aromatic carbocycles. The van der Waals surface area contributed by atoms with E-state index in [0.29, 0.717) is 12.5 Å². The minimum atomic E-state index is -0.151. The van der Waals surface area contributed by atoms with Crippen molar-refractivity contribution < 1.29 is 4.74 Å². The smallest absolute Gasteiger partial charge is 0.143 e. The van der Waals surface area contributed by atoms with E-state index in [0.717, 1.165) is 18.8 Å². The number of nitrogens with two attached hydrogens (primary N) is 1. The fourth-order valence-corrected chi connectivity index (χ4v) is 2.46. The van der Waals surface area contributed by atoms with Gasteiger partial charge < -0.3 is 15.4 Å². The Hall–Kier alpha value is -1.22. The highest BCUT2D eigenvalue weighted by Crippen LogP contribution is 2.38. The second-order valence-electron chi connectivity index (χ2n) is 5.95. The van der Waals surface area contributed by atoms with Crippen LogP contribution in [0.4, 0.5) is 5.69 Å². The second-order valence-corrected chi connectivity index (χ2v) is 5.95. The Morgan fingerprint density at radius 1 is 1.39 bits per heavy atom. The molecule has 0 bridgehead atoms. The summed E-state index contributed by atoms with van der Waals surface area (Å²) in [4.78, 5) is 2.34. The van der Waals surface area contributed by atoms with Crippen LogP contribution in [0.2, 0.25) is 0 Å². The van der Waals surface area contributed by atoms with Crippen LogP contribution in [0.5, 0.6) is 5.75 Å². The summed E-state index contributed by atoms with van der Waals surface area (Å²) in [5.41, 5.74) is 8.10. The highest BCUT2D eigenvalue weighted by Gasteiger charge is 2.31. The van der Waals surface area contributed by atoms with Crippen molar-refractivity contribution in [1.82, 2.24) is 0 Å². The van der Waals surface area contributed by atoms with Crippen LogP contribution in [0.15, 0.2) is 18.2 Å². The van der Waals surface area contributed by atoms with E-state index >= 15 is 0 Å². The molecule has 0 fully saturated rings. The van der Waals surface area contributed by atoms with Gasteiger partial charge >= 0.3 is 0 Å². The van der Waals surface area contributed by atoms with Crippen LogP contribution in [0.25, 0.3) is 0 Å². The number of ether oxygens (including phenoxy) is 1. The zero-order chi connectivity index (χ0) is 13.3. The molecule has 1 aromatic rings. The molecule has 100 valence electrons. The Morgan fingerprint density at radius 3 is 2.72 bits per heavy atom. The molecule has 1 heterocycles. The van der Waals surface area contributed by atoms with Gasteiger partial charge in [-0.2, -0.15) is 0 Å². The zero-order valence-electron chi connectivity index (χ0n) is 11.9. The lowest BCUT2D eigenvalue weighted by Crippen LogP contribution is -2.48. The zero-order valence-corrected chi connectivity index (χ0v) is 11.9. The Balaban J connectivity index is 2.40. The van der Waals surface area contributed by atoms with Crippen LogP contribution in [-0.4, -0.2) is 25.2 Å². The van der Waals surface area contributed by atoms with Crippen molar-refractivity contribution in [3.63, 3.8) is 0 Å². The summed E-state index contributed by atoms with van der Waals surface area (Å²) in [7, 11) is 0. The summed E-state index contributed by atoms with van der Waals surface area (Å²) < 4.78 is 6.05. The average molecular weight is 248 g/mol. The van der Waals surface area contributed by atoms with Crippen LogP contribution in [0, 0.1) is 0 Å². The first-order valence-electron chi connectivity index (χ1n) is 6.71.